The molecular weight excluding hydrogens is 257 g/mol. The molecule has 1 unspecified atom stereocenters. The van der Waals surface area contributed by atoms with Gasteiger partial charge in [-0.3, -0.25) is 4.84 Å². The lowest BCUT2D eigenvalue weighted by Gasteiger charge is -2.24. The maximum atomic E-state index is 12.2. The number of carbonyl (C=O) groups is 2. The third-order valence-corrected chi connectivity index (χ3v) is 1.60. The number of alkyl halides is 3. The molecule has 0 aliphatic heterocycles. The van der Waals surface area contributed by atoms with Gasteiger partial charge in [-0.1, -0.05) is 6.08 Å². The van der Waals surface area contributed by atoms with E-state index in [1.165, 1.54) is 6.08 Å². The van der Waals surface area contributed by atoms with E-state index in [1.807, 2.05) is 0 Å². The molecule has 2 N–H and O–H groups in total. The fourth-order valence-corrected chi connectivity index (χ4v) is 1.02. The zero-order valence-electron chi connectivity index (χ0n) is 9.31. The number of rotatable bonds is 8. The maximum Gasteiger partial charge on any atom is 0.405 e. The summed E-state index contributed by atoms with van der Waals surface area (Å²) >= 11 is 0. The summed E-state index contributed by atoms with van der Waals surface area (Å²) in [5, 5.41) is 10.6. The second kappa shape index (κ2) is 7.67. The van der Waals surface area contributed by atoms with E-state index in [0.29, 0.717) is 5.06 Å². The van der Waals surface area contributed by atoms with Crippen molar-refractivity contribution >= 4 is 12.4 Å². The molecule has 9 heteroatoms. The van der Waals surface area contributed by atoms with Crippen LogP contribution in [0.4, 0.5) is 18.0 Å². The van der Waals surface area contributed by atoms with Crippen molar-refractivity contribution in [1.29, 1.82) is 0 Å². The Balaban J connectivity index is 4.48. The number of hydrogen-bond acceptors (Lipinski definition) is 4. The van der Waals surface area contributed by atoms with Crippen molar-refractivity contribution in [3.8, 4) is 0 Å². The first-order valence-electron chi connectivity index (χ1n) is 4.78. The van der Waals surface area contributed by atoms with E-state index < -0.39 is 31.4 Å². The number of nitrogens with zero attached hydrogens (tertiary/aromatic N) is 1. The summed E-state index contributed by atoms with van der Waals surface area (Å²) in [6.45, 7) is 1.10. The summed E-state index contributed by atoms with van der Waals surface area (Å²) in [6, 6.07) is -1.31. The van der Waals surface area contributed by atoms with Crippen LogP contribution < -0.4 is 5.32 Å². The summed E-state index contributed by atoms with van der Waals surface area (Å²) in [6.07, 6.45) is -4.63. The lowest BCUT2D eigenvalue weighted by molar-refractivity contribution is -0.231. The largest absolute Gasteiger partial charge is 0.465 e. The molecule has 0 aromatic heterocycles. The molecule has 0 aliphatic rings. The normalized spacial score (nSPS) is 13.1. The SMILES string of the molecule is C=CCON(CC(C=O)NC(=O)O)CC(F)(F)F. The second-order valence-electron chi connectivity index (χ2n) is 3.21. The van der Waals surface area contributed by atoms with Crippen molar-refractivity contribution in [2.45, 2.75) is 12.2 Å². The van der Waals surface area contributed by atoms with E-state index in [4.69, 9.17) is 5.11 Å². The smallest absolute Gasteiger partial charge is 0.405 e. The molecule has 1 amide bonds. The maximum absolute atomic E-state index is 12.2. The number of amides is 1. The number of hydrogen-bond donors (Lipinski definition) is 2. The average molecular weight is 270 g/mol. The topological polar surface area (TPSA) is 78.9 Å². The minimum Gasteiger partial charge on any atom is -0.465 e. The molecule has 0 fully saturated rings. The number of aldehydes is 1. The first-order chi connectivity index (χ1) is 8.28. The van der Waals surface area contributed by atoms with Crippen LogP contribution in [0.15, 0.2) is 12.7 Å². The summed E-state index contributed by atoms with van der Waals surface area (Å²) in [7, 11) is 0. The molecule has 0 saturated heterocycles. The lowest BCUT2D eigenvalue weighted by Crippen LogP contribution is -2.46. The predicted octanol–water partition coefficient (Wildman–Crippen LogP) is 0.803. The monoisotopic (exact) mass is 270 g/mol. The molecule has 0 aliphatic carbocycles. The molecule has 1 atom stereocenters. The molecule has 0 rings (SSSR count). The van der Waals surface area contributed by atoms with E-state index in [1.54, 1.807) is 5.32 Å². The van der Waals surface area contributed by atoms with Crippen molar-refractivity contribution in [2.24, 2.45) is 0 Å². The third-order valence-electron chi connectivity index (χ3n) is 1.60. The standard InChI is InChI=1S/C9H13F3N2O4/c1-2-3-18-14(6-9(10,11)12)4-7(5-15)13-8(16)17/h2,5,7,13H,1,3-4,6H2,(H,16,17). The summed E-state index contributed by atoms with van der Waals surface area (Å²) < 4.78 is 36.5. The zero-order chi connectivity index (χ0) is 14.2. The van der Waals surface area contributed by atoms with E-state index in [-0.39, 0.29) is 12.9 Å². The van der Waals surface area contributed by atoms with Gasteiger partial charge in [0.15, 0.2) is 0 Å². The van der Waals surface area contributed by atoms with Crippen molar-refractivity contribution in [2.75, 3.05) is 19.7 Å². The van der Waals surface area contributed by atoms with Crippen molar-refractivity contribution in [3.05, 3.63) is 12.7 Å². The molecule has 104 valence electrons. The Morgan fingerprint density at radius 1 is 1.56 bits per heavy atom. The Bertz CT molecular complexity index is 296. The molecule has 0 bridgehead atoms. The van der Waals surface area contributed by atoms with Crippen LogP contribution in [0.25, 0.3) is 0 Å². The molecule has 0 aromatic rings. The highest BCUT2D eigenvalue weighted by Gasteiger charge is 2.32. The highest BCUT2D eigenvalue weighted by Crippen LogP contribution is 2.16. The summed E-state index contributed by atoms with van der Waals surface area (Å²) in [4.78, 5) is 25.5. The van der Waals surface area contributed by atoms with Crippen LogP contribution in [0.3, 0.4) is 0 Å². The van der Waals surface area contributed by atoms with Gasteiger partial charge in [0.2, 0.25) is 0 Å². The molecule has 0 heterocycles. The summed E-state index contributed by atoms with van der Waals surface area (Å²) in [5.41, 5.74) is 0. The van der Waals surface area contributed by atoms with Gasteiger partial charge >= 0.3 is 12.3 Å². The first-order valence-corrected chi connectivity index (χ1v) is 4.78. The Morgan fingerprint density at radius 2 is 2.17 bits per heavy atom. The van der Waals surface area contributed by atoms with Gasteiger partial charge in [0.1, 0.15) is 18.9 Å². The van der Waals surface area contributed by atoms with Crippen LogP contribution in [0.1, 0.15) is 0 Å². The molecule has 0 radical (unpaired) electrons. The summed E-state index contributed by atoms with van der Waals surface area (Å²) in [5.74, 6) is 0. The van der Waals surface area contributed by atoms with Gasteiger partial charge in [0, 0.05) is 0 Å². The Hall–Kier alpha value is -1.61. The van der Waals surface area contributed by atoms with Gasteiger partial charge in [0.25, 0.3) is 0 Å². The van der Waals surface area contributed by atoms with Gasteiger partial charge in [0.05, 0.1) is 13.2 Å². The Labute approximate surface area is 101 Å². The van der Waals surface area contributed by atoms with Gasteiger partial charge in [-0.15, -0.1) is 6.58 Å². The predicted molar refractivity (Wildman–Crippen MR) is 54.8 cm³/mol. The number of hydroxylamine groups is 2. The highest BCUT2D eigenvalue weighted by molar-refractivity contribution is 5.71. The van der Waals surface area contributed by atoms with Crippen molar-refractivity contribution in [3.63, 3.8) is 0 Å². The fourth-order valence-electron chi connectivity index (χ4n) is 1.02. The van der Waals surface area contributed by atoms with E-state index >= 15 is 0 Å². The molecule has 0 spiro atoms. The quantitative estimate of drug-likeness (QED) is 0.387. The molecule has 18 heavy (non-hydrogen) atoms. The van der Waals surface area contributed by atoms with Gasteiger partial charge in [-0.05, 0) is 0 Å². The van der Waals surface area contributed by atoms with E-state index in [0.717, 1.165) is 0 Å². The lowest BCUT2D eigenvalue weighted by atomic mass is 10.3. The number of nitrogens with one attached hydrogen (secondary N) is 1. The third kappa shape index (κ3) is 8.53. The van der Waals surface area contributed by atoms with Crippen LogP contribution in [0, 0.1) is 0 Å². The van der Waals surface area contributed by atoms with Crippen LogP contribution in [0.2, 0.25) is 0 Å². The van der Waals surface area contributed by atoms with E-state index in [9.17, 15) is 22.8 Å². The minimum absolute atomic E-state index is 0.186. The molecule has 0 saturated carbocycles. The highest BCUT2D eigenvalue weighted by atomic mass is 19.4. The Kier molecular flexibility index (Phi) is 6.98. The first kappa shape index (κ1) is 16.4. The fraction of sp³-hybridized carbons (Fsp3) is 0.556. The number of carboxylic acid groups (broad SMARTS) is 1. The molecular formula is C9H13F3N2O4. The van der Waals surface area contributed by atoms with Gasteiger partial charge in [-0.2, -0.15) is 18.2 Å². The number of halogens is 3. The molecule has 0 aromatic carbocycles. The zero-order valence-corrected chi connectivity index (χ0v) is 9.31. The van der Waals surface area contributed by atoms with Crippen LogP contribution in [-0.4, -0.2) is 54.5 Å². The van der Waals surface area contributed by atoms with Crippen LogP contribution in [0.5, 0.6) is 0 Å². The van der Waals surface area contributed by atoms with Crippen LogP contribution in [-0.2, 0) is 9.63 Å². The Morgan fingerprint density at radius 3 is 2.56 bits per heavy atom. The molecule has 6 nitrogen and oxygen atoms in total. The van der Waals surface area contributed by atoms with Gasteiger partial charge < -0.3 is 15.2 Å². The van der Waals surface area contributed by atoms with E-state index in [2.05, 4.69) is 11.4 Å². The van der Waals surface area contributed by atoms with Gasteiger partial charge in [-0.25, -0.2) is 4.79 Å². The number of carbonyl (C=O) groups excluding carboxylic acids is 1. The average Bonchev–Trinajstić information content (AvgIpc) is 2.22. The van der Waals surface area contributed by atoms with Crippen LogP contribution >= 0.6 is 0 Å². The van der Waals surface area contributed by atoms with Crippen molar-refractivity contribution in [1.82, 2.24) is 10.4 Å². The second-order valence-corrected chi connectivity index (χ2v) is 3.21. The minimum atomic E-state index is -4.53. The van der Waals surface area contributed by atoms with Crippen molar-refractivity contribution < 1.29 is 32.7 Å².